The van der Waals surface area contributed by atoms with Gasteiger partial charge in [0.1, 0.15) is 17.2 Å². The summed E-state index contributed by atoms with van der Waals surface area (Å²) in [5.41, 5.74) is 2.98. The molecule has 2 heterocycles. The van der Waals surface area contributed by atoms with Crippen molar-refractivity contribution >= 4 is 23.4 Å². The monoisotopic (exact) mass is 374 g/mol. The van der Waals surface area contributed by atoms with Gasteiger partial charge in [-0.25, -0.2) is 4.79 Å². The maximum atomic E-state index is 12.1. The van der Waals surface area contributed by atoms with E-state index >= 15 is 0 Å². The molecule has 7 nitrogen and oxygen atoms in total. The summed E-state index contributed by atoms with van der Waals surface area (Å²) >= 11 is 0. The van der Waals surface area contributed by atoms with Crippen molar-refractivity contribution in [1.82, 2.24) is 0 Å². The van der Waals surface area contributed by atoms with Crippen molar-refractivity contribution in [2.75, 3.05) is 0 Å². The highest BCUT2D eigenvalue weighted by atomic mass is 16.7. The van der Waals surface area contributed by atoms with Gasteiger partial charge in [0.15, 0.2) is 0 Å². The molecule has 28 heavy (non-hydrogen) atoms. The Morgan fingerprint density at radius 1 is 1.07 bits per heavy atom. The summed E-state index contributed by atoms with van der Waals surface area (Å²) in [6, 6.07) is 17.3. The molecule has 0 bridgehead atoms. The number of furan rings is 1. The van der Waals surface area contributed by atoms with E-state index in [1.807, 2.05) is 30.3 Å². The molecule has 2 aromatic carbocycles. The van der Waals surface area contributed by atoms with Crippen LogP contribution in [-0.2, 0) is 9.63 Å². The SMILES string of the molecule is Cc1cc([N+](=O)[O-])ccc1-c1ccc(/C=C2\C(=O)ON=C2c2ccccc2)o1. The number of carbonyl (C=O) groups is 1. The second-order valence-corrected chi connectivity index (χ2v) is 6.20. The lowest BCUT2D eigenvalue weighted by molar-refractivity contribution is -0.384. The van der Waals surface area contributed by atoms with Crippen molar-refractivity contribution in [3.8, 4) is 11.3 Å². The van der Waals surface area contributed by atoms with E-state index < -0.39 is 10.9 Å². The third-order valence-corrected chi connectivity index (χ3v) is 4.34. The van der Waals surface area contributed by atoms with Gasteiger partial charge >= 0.3 is 5.97 Å². The van der Waals surface area contributed by atoms with Crippen LogP contribution in [0, 0.1) is 17.0 Å². The molecule has 1 aliphatic rings. The minimum atomic E-state index is -0.552. The number of nitro benzene ring substituents is 1. The van der Waals surface area contributed by atoms with E-state index in [0.717, 1.165) is 16.7 Å². The number of hydrogen-bond acceptors (Lipinski definition) is 6. The van der Waals surface area contributed by atoms with Crippen LogP contribution in [-0.4, -0.2) is 16.6 Å². The molecule has 0 amide bonds. The number of non-ortho nitro benzene ring substituents is 1. The van der Waals surface area contributed by atoms with Crippen LogP contribution in [0.2, 0.25) is 0 Å². The number of aryl methyl sites for hydroxylation is 1. The summed E-state index contributed by atoms with van der Waals surface area (Å²) in [5, 5.41) is 14.8. The first kappa shape index (κ1) is 17.4. The first-order valence-electron chi connectivity index (χ1n) is 8.45. The largest absolute Gasteiger partial charge is 0.457 e. The average Bonchev–Trinajstić information content (AvgIpc) is 3.30. The van der Waals surface area contributed by atoms with E-state index in [1.54, 1.807) is 31.2 Å². The number of hydrogen-bond donors (Lipinski definition) is 0. The number of oxime groups is 1. The van der Waals surface area contributed by atoms with Gasteiger partial charge in [-0.3, -0.25) is 10.1 Å². The van der Waals surface area contributed by atoms with Crippen LogP contribution in [0.15, 0.2) is 75.8 Å². The Labute approximate surface area is 159 Å². The Hall–Kier alpha value is -4.00. The molecule has 7 heteroatoms. The summed E-state index contributed by atoms with van der Waals surface area (Å²) in [5.74, 6) is 0.442. The molecule has 0 spiro atoms. The molecule has 0 saturated heterocycles. The topological polar surface area (TPSA) is 94.9 Å². The van der Waals surface area contributed by atoms with Crippen molar-refractivity contribution in [3.05, 3.63) is 93.2 Å². The molecule has 1 aliphatic heterocycles. The van der Waals surface area contributed by atoms with Crippen LogP contribution in [0.5, 0.6) is 0 Å². The predicted octanol–water partition coefficient (Wildman–Crippen LogP) is 4.51. The molecule has 3 aromatic rings. The van der Waals surface area contributed by atoms with Crippen LogP contribution in [0.4, 0.5) is 5.69 Å². The number of carbonyl (C=O) groups excluding carboxylic acids is 1. The fraction of sp³-hybridized carbons (Fsp3) is 0.0476. The standard InChI is InChI=1S/C21H14N2O5/c1-13-11-15(23(25)26)7-9-17(13)19-10-8-16(27-19)12-18-20(22-28-21(18)24)14-5-3-2-4-6-14/h2-12H,1H3/b18-12-. The van der Waals surface area contributed by atoms with Gasteiger partial charge in [0.2, 0.25) is 0 Å². The maximum Gasteiger partial charge on any atom is 0.368 e. The highest BCUT2D eigenvalue weighted by Gasteiger charge is 2.27. The lowest BCUT2D eigenvalue weighted by Gasteiger charge is -2.02. The van der Waals surface area contributed by atoms with Crippen molar-refractivity contribution in [1.29, 1.82) is 0 Å². The molecule has 138 valence electrons. The molecule has 0 fully saturated rings. The maximum absolute atomic E-state index is 12.1. The third-order valence-electron chi connectivity index (χ3n) is 4.34. The molecule has 0 saturated carbocycles. The minimum Gasteiger partial charge on any atom is -0.457 e. The van der Waals surface area contributed by atoms with E-state index in [-0.39, 0.29) is 5.69 Å². The number of rotatable bonds is 4. The van der Waals surface area contributed by atoms with Crippen LogP contribution in [0.25, 0.3) is 17.4 Å². The molecular formula is C21H14N2O5. The number of nitrogens with zero attached hydrogens (tertiary/aromatic N) is 2. The lowest BCUT2D eigenvalue weighted by atomic mass is 10.0. The van der Waals surface area contributed by atoms with Gasteiger partial charge in [-0.05, 0) is 36.8 Å². The minimum absolute atomic E-state index is 0.0209. The zero-order valence-corrected chi connectivity index (χ0v) is 14.8. The molecule has 0 radical (unpaired) electrons. The quantitative estimate of drug-likeness (QED) is 0.290. The van der Waals surface area contributed by atoms with Crippen LogP contribution >= 0.6 is 0 Å². The zero-order valence-electron chi connectivity index (χ0n) is 14.8. The Morgan fingerprint density at radius 2 is 1.86 bits per heavy atom. The van der Waals surface area contributed by atoms with Gasteiger partial charge in [-0.2, -0.15) is 0 Å². The van der Waals surface area contributed by atoms with Crippen LogP contribution < -0.4 is 0 Å². The highest BCUT2D eigenvalue weighted by Crippen LogP contribution is 2.30. The van der Waals surface area contributed by atoms with Gasteiger partial charge in [0.25, 0.3) is 5.69 Å². The van der Waals surface area contributed by atoms with Gasteiger partial charge < -0.3 is 9.25 Å². The lowest BCUT2D eigenvalue weighted by Crippen LogP contribution is -2.06. The average molecular weight is 374 g/mol. The first-order chi connectivity index (χ1) is 13.5. The second kappa shape index (κ2) is 6.96. The van der Waals surface area contributed by atoms with Crippen LogP contribution in [0.3, 0.4) is 0 Å². The van der Waals surface area contributed by atoms with Crippen molar-refractivity contribution < 1.29 is 19.0 Å². The summed E-state index contributed by atoms with van der Waals surface area (Å²) < 4.78 is 5.84. The molecule has 4 rings (SSSR count). The van der Waals surface area contributed by atoms with Gasteiger partial charge in [-0.15, -0.1) is 0 Å². The fourth-order valence-electron chi connectivity index (χ4n) is 2.97. The van der Waals surface area contributed by atoms with Crippen LogP contribution in [0.1, 0.15) is 16.9 Å². The van der Waals surface area contributed by atoms with Gasteiger partial charge in [0.05, 0.1) is 10.5 Å². The van der Waals surface area contributed by atoms with Crippen molar-refractivity contribution in [3.63, 3.8) is 0 Å². The molecule has 1 aromatic heterocycles. The van der Waals surface area contributed by atoms with Crippen molar-refractivity contribution in [2.45, 2.75) is 6.92 Å². The Bertz CT molecular complexity index is 1140. The van der Waals surface area contributed by atoms with Gasteiger partial charge in [0, 0.05) is 23.3 Å². The number of nitro groups is 1. The third kappa shape index (κ3) is 3.21. The summed E-state index contributed by atoms with van der Waals surface area (Å²) in [6.07, 6.45) is 1.57. The molecular weight excluding hydrogens is 360 g/mol. The Kier molecular flexibility index (Phi) is 4.33. The molecule has 0 aliphatic carbocycles. The normalized spacial score (nSPS) is 14.8. The number of benzene rings is 2. The van der Waals surface area contributed by atoms with Gasteiger partial charge in [-0.1, -0.05) is 35.5 Å². The first-order valence-corrected chi connectivity index (χ1v) is 8.45. The summed E-state index contributed by atoms with van der Waals surface area (Å²) in [7, 11) is 0. The molecule has 0 unspecified atom stereocenters. The molecule has 0 atom stereocenters. The van der Waals surface area contributed by atoms with E-state index in [4.69, 9.17) is 9.25 Å². The highest BCUT2D eigenvalue weighted by molar-refractivity contribution is 6.31. The predicted molar refractivity (Wildman–Crippen MR) is 103 cm³/mol. The smallest absolute Gasteiger partial charge is 0.368 e. The fourth-order valence-corrected chi connectivity index (χ4v) is 2.97. The van der Waals surface area contributed by atoms with Crippen molar-refractivity contribution in [2.24, 2.45) is 5.16 Å². The second-order valence-electron chi connectivity index (χ2n) is 6.20. The van der Waals surface area contributed by atoms with E-state index in [2.05, 4.69) is 5.16 Å². The molecule has 0 N–H and O–H groups in total. The Balaban J connectivity index is 1.67. The van der Waals surface area contributed by atoms with E-state index in [0.29, 0.717) is 22.8 Å². The summed E-state index contributed by atoms with van der Waals surface area (Å²) in [6.45, 7) is 1.78. The zero-order chi connectivity index (χ0) is 19.7. The van der Waals surface area contributed by atoms with E-state index in [1.165, 1.54) is 12.1 Å². The summed E-state index contributed by atoms with van der Waals surface area (Å²) in [4.78, 5) is 27.4. The Morgan fingerprint density at radius 3 is 2.57 bits per heavy atom. The van der Waals surface area contributed by atoms with E-state index in [9.17, 15) is 14.9 Å².